The molecule has 0 spiro atoms. The van der Waals surface area contributed by atoms with E-state index in [1.165, 1.54) is 54.6 Å². The SMILES string of the molecule is Oc1ccc2c(c1)CC[C@@H](c1ccccc1)[C@H]2c1ccc(OCCN2CCCCC2)cc1. The molecule has 0 amide bonds. The summed E-state index contributed by atoms with van der Waals surface area (Å²) >= 11 is 0. The standard InChI is InChI=1S/C29H33NO2/c31-25-12-16-28-24(21-25)11-15-27(22-7-3-1-4-8-22)29(28)23-9-13-26(14-10-23)32-20-19-30-17-5-2-6-18-30/h1,3-4,7-10,12-14,16,21,27,29,31H,2,5-6,11,15,17-20H2/t27-,29+/m0/s1. The molecule has 1 saturated heterocycles. The minimum absolute atomic E-state index is 0.282. The van der Waals surface area contributed by atoms with Crippen LogP contribution in [0, 0.1) is 0 Å². The van der Waals surface area contributed by atoms with Crippen LogP contribution in [0.5, 0.6) is 11.5 Å². The lowest BCUT2D eigenvalue weighted by Crippen LogP contribution is -2.33. The largest absolute Gasteiger partial charge is 0.508 e. The Kier molecular flexibility index (Phi) is 6.45. The Morgan fingerprint density at radius 3 is 2.41 bits per heavy atom. The summed E-state index contributed by atoms with van der Waals surface area (Å²) in [7, 11) is 0. The van der Waals surface area contributed by atoms with Gasteiger partial charge in [0.15, 0.2) is 0 Å². The fraction of sp³-hybridized carbons (Fsp3) is 0.379. The highest BCUT2D eigenvalue weighted by Crippen LogP contribution is 2.47. The van der Waals surface area contributed by atoms with Gasteiger partial charge in [-0.15, -0.1) is 0 Å². The molecule has 3 nitrogen and oxygen atoms in total. The second-order valence-electron chi connectivity index (χ2n) is 9.24. The van der Waals surface area contributed by atoms with Gasteiger partial charge < -0.3 is 9.84 Å². The van der Waals surface area contributed by atoms with Crippen molar-refractivity contribution in [2.24, 2.45) is 0 Å². The van der Waals surface area contributed by atoms with Gasteiger partial charge in [-0.25, -0.2) is 0 Å². The van der Waals surface area contributed by atoms with Gasteiger partial charge in [-0.05, 0) is 91.2 Å². The molecule has 3 aromatic carbocycles. The molecule has 1 fully saturated rings. The first-order valence-electron chi connectivity index (χ1n) is 12.1. The number of likely N-dealkylation sites (tertiary alicyclic amines) is 1. The Hall–Kier alpha value is -2.78. The van der Waals surface area contributed by atoms with E-state index in [4.69, 9.17) is 4.74 Å². The molecule has 32 heavy (non-hydrogen) atoms. The van der Waals surface area contributed by atoms with Gasteiger partial charge in [0, 0.05) is 12.5 Å². The van der Waals surface area contributed by atoms with Crippen LogP contribution in [0.4, 0.5) is 0 Å². The summed E-state index contributed by atoms with van der Waals surface area (Å²) in [5.74, 6) is 2.02. The number of phenolic OH excluding ortho intramolecular Hbond substituents is 1. The van der Waals surface area contributed by atoms with E-state index in [0.717, 1.165) is 31.7 Å². The van der Waals surface area contributed by atoms with Gasteiger partial charge in [-0.3, -0.25) is 4.90 Å². The molecule has 3 heteroatoms. The number of piperidine rings is 1. The normalized spacial score (nSPS) is 21.1. The van der Waals surface area contributed by atoms with Crippen LogP contribution in [0.25, 0.3) is 0 Å². The third-order valence-electron chi connectivity index (χ3n) is 7.18. The Morgan fingerprint density at radius 2 is 1.62 bits per heavy atom. The predicted octanol–water partition coefficient (Wildman–Crippen LogP) is 6.12. The highest BCUT2D eigenvalue weighted by atomic mass is 16.5. The molecular formula is C29H33NO2. The third kappa shape index (κ3) is 4.68. The predicted molar refractivity (Wildman–Crippen MR) is 130 cm³/mol. The van der Waals surface area contributed by atoms with Gasteiger partial charge in [-0.1, -0.05) is 55.0 Å². The number of hydrogen-bond donors (Lipinski definition) is 1. The van der Waals surface area contributed by atoms with Gasteiger partial charge in [0.05, 0.1) is 0 Å². The molecule has 2 aliphatic rings. The average molecular weight is 428 g/mol. The fourth-order valence-corrected chi connectivity index (χ4v) is 5.52. The molecule has 1 heterocycles. The number of phenols is 1. The summed E-state index contributed by atoms with van der Waals surface area (Å²) in [6.45, 7) is 4.18. The van der Waals surface area contributed by atoms with E-state index in [-0.39, 0.29) is 5.92 Å². The molecule has 3 aromatic rings. The molecule has 0 bridgehead atoms. The van der Waals surface area contributed by atoms with E-state index >= 15 is 0 Å². The molecule has 5 rings (SSSR count). The molecule has 1 aliphatic carbocycles. The molecule has 1 aliphatic heterocycles. The number of rotatable bonds is 6. The number of ether oxygens (including phenoxy) is 1. The smallest absolute Gasteiger partial charge is 0.119 e. The minimum atomic E-state index is 0.282. The van der Waals surface area contributed by atoms with Gasteiger partial charge in [0.2, 0.25) is 0 Å². The van der Waals surface area contributed by atoms with Crippen molar-refractivity contribution in [1.82, 2.24) is 4.90 Å². The zero-order valence-electron chi connectivity index (χ0n) is 18.7. The van der Waals surface area contributed by atoms with Crippen molar-refractivity contribution in [3.05, 3.63) is 95.1 Å². The summed E-state index contributed by atoms with van der Waals surface area (Å²) in [4.78, 5) is 2.51. The first-order chi connectivity index (χ1) is 15.8. The number of aromatic hydroxyl groups is 1. The maximum absolute atomic E-state index is 10.0. The number of hydrogen-bond acceptors (Lipinski definition) is 3. The Balaban J connectivity index is 1.35. The van der Waals surface area contributed by atoms with E-state index in [1.807, 2.05) is 12.1 Å². The molecule has 2 atom stereocenters. The summed E-state index contributed by atoms with van der Waals surface area (Å²) in [6.07, 6.45) is 6.08. The molecular weight excluding hydrogens is 394 g/mol. The Morgan fingerprint density at radius 1 is 0.844 bits per heavy atom. The lowest BCUT2D eigenvalue weighted by atomic mass is 9.69. The third-order valence-corrected chi connectivity index (χ3v) is 7.18. The number of benzene rings is 3. The van der Waals surface area contributed by atoms with Gasteiger partial charge in [-0.2, -0.15) is 0 Å². The van der Waals surface area contributed by atoms with Gasteiger partial charge >= 0.3 is 0 Å². The Labute approximate surface area is 191 Å². The van der Waals surface area contributed by atoms with Crippen molar-refractivity contribution < 1.29 is 9.84 Å². The zero-order valence-corrected chi connectivity index (χ0v) is 18.7. The molecule has 0 radical (unpaired) electrons. The van der Waals surface area contributed by atoms with Crippen LogP contribution in [0.1, 0.15) is 59.8 Å². The van der Waals surface area contributed by atoms with Crippen LogP contribution in [-0.4, -0.2) is 36.2 Å². The van der Waals surface area contributed by atoms with Crippen molar-refractivity contribution in [1.29, 1.82) is 0 Å². The Bertz CT molecular complexity index is 1010. The van der Waals surface area contributed by atoms with Gasteiger partial charge in [0.25, 0.3) is 0 Å². The van der Waals surface area contributed by atoms with E-state index in [2.05, 4.69) is 65.6 Å². The summed E-state index contributed by atoms with van der Waals surface area (Å²) in [6, 6.07) is 25.5. The molecule has 0 unspecified atom stereocenters. The highest BCUT2D eigenvalue weighted by molar-refractivity contribution is 5.48. The van der Waals surface area contributed by atoms with Crippen molar-refractivity contribution in [2.75, 3.05) is 26.2 Å². The van der Waals surface area contributed by atoms with Gasteiger partial charge in [0.1, 0.15) is 18.1 Å². The maximum atomic E-state index is 10.0. The monoisotopic (exact) mass is 427 g/mol. The van der Waals surface area contributed by atoms with Crippen molar-refractivity contribution in [2.45, 2.75) is 43.9 Å². The van der Waals surface area contributed by atoms with Crippen LogP contribution in [0.3, 0.4) is 0 Å². The van der Waals surface area contributed by atoms with Crippen LogP contribution in [0.2, 0.25) is 0 Å². The summed E-state index contributed by atoms with van der Waals surface area (Å²) in [5, 5.41) is 10.0. The lowest BCUT2D eigenvalue weighted by Gasteiger charge is -2.35. The molecule has 0 saturated carbocycles. The topological polar surface area (TPSA) is 32.7 Å². The minimum Gasteiger partial charge on any atom is -0.508 e. The molecule has 0 aromatic heterocycles. The van der Waals surface area contributed by atoms with Crippen molar-refractivity contribution in [3.8, 4) is 11.5 Å². The maximum Gasteiger partial charge on any atom is 0.119 e. The first-order valence-corrected chi connectivity index (χ1v) is 12.1. The average Bonchev–Trinajstić information content (AvgIpc) is 2.85. The summed E-state index contributed by atoms with van der Waals surface area (Å²) < 4.78 is 6.07. The number of aryl methyl sites for hydroxylation is 1. The number of nitrogens with zero attached hydrogens (tertiary/aromatic N) is 1. The van der Waals surface area contributed by atoms with Crippen LogP contribution >= 0.6 is 0 Å². The van der Waals surface area contributed by atoms with Crippen LogP contribution in [0.15, 0.2) is 72.8 Å². The molecule has 166 valence electrons. The highest BCUT2D eigenvalue weighted by Gasteiger charge is 2.32. The van der Waals surface area contributed by atoms with E-state index in [1.54, 1.807) is 0 Å². The van der Waals surface area contributed by atoms with Crippen molar-refractivity contribution >= 4 is 0 Å². The van der Waals surface area contributed by atoms with E-state index in [0.29, 0.717) is 11.7 Å². The van der Waals surface area contributed by atoms with E-state index < -0.39 is 0 Å². The molecule has 1 N–H and O–H groups in total. The second kappa shape index (κ2) is 9.79. The van der Waals surface area contributed by atoms with E-state index in [9.17, 15) is 5.11 Å². The lowest BCUT2D eigenvalue weighted by molar-refractivity contribution is 0.183. The van der Waals surface area contributed by atoms with Crippen molar-refractivity contribution in [3.63, 3.8) is 0 Å². The second-order valence-corrected chi connectivity index (χ2v) is 9.24. The summed E-state index contributed by atoms with van der Waals surface area (Å²) in [5.41, 5.74) is 5.30. The zero-order chi connectivity index (χ0) is 21.8. The quantitative estimate of drug-likeness (QED) is 0.514. The first kappa shape index (κ1) is 21.1. The van der Waals surface area contributed by atoms with Crippen LogP contribution in [-0.2, 0) is 6.42 Å². The number of fused-ring (bicyclic) bond motifs is 1. The fourth-order valence-electron chi connectivity index (χ4n) is 5.52. The van der Waals surface area contributed by atoms with Crippen LogP contribution < -0.4 is 4.74 Å².